The van der Waals surface area contributed by atoms with Crippen molar-refractivity contribution in [3.8, 4) is 0 Å². The van der Waals surface area contributed by atoms with Crippen LogP contribution in [0.3, 0.4) is 0 Å². The molecule has 0 aliphatic carbocycles. The number of carbonyl (C=O) groups excluding carboxylic acids is 2. The van der Waals surface area contributed by atoms with Gasteiger partial charge in [-0.05, 0) is 25.3 Å². The minimum atomic E-state index is -0.592. The Kier molecular flexibility index (Phi) is 7.70. The average Bonchev–Trinajstić information content (AvgIpc) is 3.06. The van der Waals surface area contributed by atoms with Gasteiger partial charge in [0.25, 0.3) is 0 Å². The largest absolute Gasteiger partial charge is 0.359 e. The van der Waals surface area contributed by atoms with E-state index in [1.54, 1.807) is 32.5 Å². The van der Waals surface area contributed by atoms with E-state index in [0.717, 1.165) is 4.88 Å². The molecule has 0 aromatic carbocycles. The summed E-state index contributed by atoms with van der Waals surface area (Å²) in [5.41, 5.74) is -0.592. The predicted molar refractivity (Wildman–Crippen MR) is 98.0 cm³/mol. The number of aliphatic imine (C=N–C) groups is 1. The van der Waals surface area contributed by atoms with E-state index in [1.165, 1.54) is 4.90 Å². The van der Waals surface area contributed by atoms with Crippen LogP contribution in [0.4, 0.5) is 0 Å². The predicted octanol–water partition coefficient (Wildman–Crippen LogP) is 0.644. The zero-order valence-corrected chi connectivity index (χ0v) is 15.8. The van der Waals surface area contributed by atoms with Gasteiger partial charge in [-0.25, -0.2) is 4.99 Å². The van der Waals surface area contributed by atoms with E-state index in [1.807, 2.05) is 31.4 Å². The summed E-state index contributed by atoms with van der Waals surface area (Å²) >= 11 is 1.64. The van der Waals surface area contributed by atoms with Crippen molar-refractivity contribution in [2.24, 2.45) is 10.4 Å². The lowest BCUT2D eigenvalue weighted by Gasteiger charge is -2.24. The second-order valence-electron chi connectivity index (χ2n) is 6.20. The van der Waals surface area contributed by atoms with E-state index in [4.69, 9.17) is 0 Å². The molecule has 7 nitrogen and oxygen atoms in total. The first-order chi connectivity index (χ1) is 11.3. The molecular formula is C16H27N5O2S. The van der Waals surface area contributed by atoms with Crippen LogP contribution in [0.5, 0.6) is 0 Å². The summed E-state index contributed by atoms with van der Waals surface area (Å²) in [6.07, 6.45) is 0. The summed E-state index contributed by atoms with van der Waals surface area (Å²) < 4.78 is 0. The molecule has 134 valence electrons. The number of hydrogen-bond acceptors (Lipinski definition) is 4. The summed E-state index contributed by atoms with van der Waals surface area (Å²) in [6, 6.07) is 4.00. The molecule has 0 atom stereocenters. The number of nitrogens with zero attached hydrogens (tertiary/aromatic N) is 2. The second-order valence-corrected chi connectivity index (χ2v) is 7.23. The van der Waals surface area contributed by atoms with Gasteiger partial charge in [-0.15, -0.1) is 11.3 Å². The van der Waals surface area contributed by atoms with Crippen molar-refractivity contribution in [3.05, 3.63) is 22.4 Å². The standard InChI is InChI=1S/C16H27N5O2S/c1-16(2,14(23)17-3)11-20-15(19-10-13(22)21(4)5)18-9-12-7-6-8-24-12/h6-8H,9-11H2,1-5H3,(H,17,23)(H2,18,19,20). The second kappa shape index (κ2) is 9.27. The molecule has 1 heterocycles. The van der Waals surface area contributed by atoms with Crippen LogP contribution in [0.25, 0.3) is 0 Å². The highest BCUT2D eigenvalue weighted by atomic mass is 32.1. The molecule has 0 bridgehead atoms. The van der Waals surface area contributed by atoms with Gasteiger partial charge < -0.3 is 20.9 Å². The van der Waals surface area contributed by atoms with Crippen LogP contribution in [0.2, 0.25) is 0 Å². The van der Waals surface area contributed by atoms with Crippen LogP contribution in [0.15, 0.2) is 22.5 Å². The number of rotatable bonds is 7. The number of likely N-dealkylation sites (N-methyl/N-ethyl adjacent to an activating group) is 1. The summed E-state index contributed by atoms with van der Waals surface area (Å²) in [5, 5.41) is 11.0. The van der Waals surface area contributed by atoms with Gasteiger partial charge in [0.2, 0.25) is 11.8 Å². The quantitative estimate of drug-likeness (QED) is 0.496. The summed E-state index contributed by atoms with van der Waals surface area (Å²) in [7, 11) is 5.00. The molecule has 0 radical (unpaired) electrons. The third kappa shape index (κ3) is 6.57. The minimum Gasteiger partial charge on any atom is -0.359 e. The molecule has 1 aromatic rings. The Morgan fingerprint density at radius 2 is 2.00 bits per heavy atom. The SMILES string of the molecule is CNC(=O)C(C)(C)CNC(=NCC(=O)N(C)C)NCc1cccs1. The van der Waals surface area contributed by atoms with Crippen LogP contribution in [0, 0.1) is 5.41 Å². The van der Waals surface area contributed by atoms with Crippen molar-refractivity contribution >= 4 is 29.1 Å². The van der Waals surface area contributed by atoms with E-state index in [9.17, 15) is 9.59 Å². The Labute approximate surface area is 147 Å². The van der Waals surface area contributed by atoms with Gasteiger partial charge in [0.15, 0.2) is 5.96 Å². The molecule has 1 rings (SSSR count). The van der Waals surface area contributed by atoms with Crippen LogP contribution >= 0.6 is 11.3 Å². The molecule has 2 amide bonds. The zero-order chi connectivity index (χ0) is 18.2. The van der Waals surface area contributed by atoms with Crippen molar-refractivity contribution in [1.82, 2.24) is 20.9 Å². The molecule has 8 heteroatoms. The molecule has 0 aliphatic heterocycles. The van der Waals surface area contributed by atoms with Crippen LogP contribution < -0.4 is 16.0 Å². The third-order valence-electron chi connectivity index (χ3n) is 3.42. The lowest BCUT2D eigenvalue weighted by molar-refractivity contribution is -0.128. The molecule has 0 saturated carbocycles. The number of hydrogen-bond donors (Lipinski definition) is 3. The lowest BCUT2D eigenvalue weighted by atomic mass is 9.92. The summed E-state index contributed by atoms with van der Waals surface area (Å²) in [4.78, 5) is 30.6. The Bertz CT molecular complexity index is 567. The number of nitrogens with one attached hydrogen (secondary N) is 3. The van der Waals surface area contributed by atoms with Crippen molar-refractivity contribution in [3.63, 3.8) is 0 Å². The van der Waals surface area contributed by atoms with E-state index < -0.39 is 5.41 Å². The molecule has 0 saturated heterocycles. The van der Waals surface area contributed by atoms with Gasteiger partial charge in [0.1, 0.15) is 6.54 Å². The first-order valence-corrected chi connectivity index (χ1v) is 8.61. The van der Waals surface area contributed by atoms with E-state index in [0.29, 0.717) is 19.0 Å². The molecule has 0 aliphatic rings. The van der Waals surface area contributed by atoms with Crippen molar-refractivity contribution < 1.29 is 9.59 Å². The molecule has 0 spiro atoms. The van der Waals surface area contributed by atoms with Gasteiger partial charge >= 0.3 is 0 Å². The Hall–Kier alpha value is -2.09. The highest BCUT2D eigenvalue weighted by Gasteiger charge is 2.26. The van der Waals surface area contributed by atoms with Crippen LogP contribution in [-0.2, 0) is 16.1 Å². The van der Waals surface area contributed by atoms with Gasteiger partial charge in [0.05, 0.1) is 12.0 Å². The minimum absolute atomic E-state index is 0.0488. The van der Waals surface area contributed by atoms with E-state index >= 15 is 0 Å². The molecule has 1 aromatic heterocycles. The van der Waals surface area contributed by atoms with Crippen LogP contribution in [0.1, 0.15) is 18.7 Å². The number of guanidine groups is 1. The van der Waals surface area contributed by atoms with E-state index in [-0.39, 0.29) is 18.4 Å². The first kappa shape index (κ1) is 20.0. The summed E-state index contributed by atoms with van der Waals surface area (Å²) in [6.45, 7) is 4.76. The molecule has 24 heavy (non-hydrogen) atoms. The normalized spacial score (nSPS) is 11.8. The highest BCUT2D eigenvalue weighted by Crippen LogP contribution is 2.13. The van der Waals surface area contributed by atoms with E-state index in [2.05, 4.69) is 20.9 Å². The van der Waals surface area contributed by atoms with Gasteiger partial charge in [-0.1, -0.05) is 6.07 Å². The van der Waals surface area contributed by atoms with Crippen molar-refractivity contribution in [2.45, 2.75) is 20.4 Å². The monoisotopic (exact) mass is 353 g/mol. The highest BCUT2D eigenvalue weighted by molar-refractivity contribution is 7.09. The smallest absolute Gasteiger partial charge is 0.243 e. The maximum Gasteiger partial charge on any atom is 0.243 e. The van der Waals surface area contributed by atoms with Crippen LogP contribution in [-0.4, -0.2) is 56.9 Å². The fraction of sp³-hybridized carbons (Fsp3) is 0.562. The molecule has 0 unspecified atom stereocenters. The number of thiophene rings is 1. The fourth-order valence-electron chi connectivity index (χ4n) is 1.77. The van der Waals surface area contributed by atoms with Gasteiger partial charge in [0, 0.05) is 32.6 Å². The zero-order valence-electron chi connectivity index (χ0n) is 15.0. The number of carbonyl (C=O) groups is 2. The maximum absolute atomic E-state index is 11.9. The molecular weight excluding hydrogens is 326 g/mol. The molecule has 0 fully saturated rings. The van der Waals surface area contributed by atoms with Gasteiger partial charge in [-0.2, -0.15) is 0 Å². The van der Waals surface area contributed by atoms with Crippen molar-refractivity contribution in [2.75, 3.05) is 34.2 Å². The fourth-order valence-corrected chi connectivity index (χ4v) is 2.41. The van der Waals surface area contributed by atoms with Crippen molar-refractivity contribution in [1.29, 1.82) is 0 Å². The topological polar surface area (TPSA) is 85.8 Å². The Balaban J connectivity index is 2.70. The number of amides is 2. The lowest BCUT2D eigenvalue weighted by Crippen LogP contribution is -2.47. The maximum atomic E-state index is 11.9. The third-order valence-corrected chi connectivity index (χ3v) is 4.30. The Morgan fingerprint density at radius 1 is 1.29 bits per heavy atom. The Morgan fingerprint density at radius 3 is 2.54 bits per heavy atom. The average molecular weight is 353 g/mol. The summed E-state index contributed by atoms with van der Waals surface area (Å²) in [5.74, 6) is 0.366. The first-order valence-electron chi connectivity index (χ1n) is 7.73. The van der Waals surface area contributed by atoms with Gasteiger partial charge in [-0.3, -0.25) is 9.59 Å². The molecule has 3 N–H and O–H groups in total.